The van der Waals surface area contributed by atoms with Crippen molar-refractivity contribution < 1.29 is 4.79 Å². The lowest BCUT2D eigenvalue weighted by Crippen LogP contribution is -2.49. The summed E-state index contributed by atoms with van der Waals surface area (Å²) in [6, 6.07) is 2.28. The summed E-state index contributed by atoms with van der Waals surface area (Å²) < 4.78 is 3.74. The summed E-state index contributed by atoms with van der Waals surface area (Å²) in [5.41, 5.74) is -0.0882. The molecule has 1 aliphatic rings. The van der Waals surface area contributed by atoms with E-state index in [0.717, 1.165) is 37.2 Å². The lowest BCUT2D eigenvalue weighted by molar-refractivity contribution is 0.0897. The van der Waals surface area contributed by atoms with Crippen molar-refractivity contribution in [2.24, 2.45) is 5.92 Å². The number of hydrogen-bond donors (Lipinski definition) is 1. The van der Waals surface area contributed by atoms with Crippen LogP contribution < -0.4 is 5.32 Å². The van der Waals surface area contributed by atoms with Gasteiger partial charge in [0.25, 0.3) is 5.91 Å². The molecule has 0 aromatic carbocycles. The highest BCUT2D eigenvalue weighted by Gasteiger charge is 2.36. The van der Waals surface area contributed by atoms with Crippen LogP contribution in [-0.4, -0.2) is 21.0 Å². The molecule has 0 bridgehead atoms. The number of nitrogens with one attached hydrogen (secondary N) is 1. The molecule has 0 aliphatic heterocycles. The highest BCUT2D eigenvalue weighted by molar-refractivity contribution is 7.08. The summed E-state index contributed by atoms with van der Waals surface area (Å²) in [6.45, 7) is 3.93. The lowest BCUT2D eigenvalue weighted by atomic mass is 9.78. The number of aryl methyl sites for hydroxylation is 1. The van der Waals surface area contributed by atoms with Crippen molar-refractivity contribution in [2.45, 2.75) is 45.1 Å². The van der Waals surface area contributed by atoms with E-state index < -0.39 is 5.54 Å². The number of nitriles is 1. The van der Waals surface area contributed by atoms with Gasteiger partial charge in [-0.15, -0.1) is 5.10 Å². The molecule has 0 saturated heterocycles. The van der Waals surface area contributed by atoms with Gasteiger partial charge < -0.3 is 5.32 Å². The minimum Gasteiger partial charge on any atom is -0.333 e. The summed E-state index contributed by atoms with van der Waals surface area (Å²) >= 11 is 1.07. The van der Waals surface area contributed by atoms with Crippen LogP contribution in [-0.2, 0) is 0 Å². The van der Waals surface area contributed by atoms with Crippen molar-refractivity contribution in [3.63, 3.8) is 0 Å². The summed E-state index contributed by atoms with van der Waals surface area (Å²) in [5, 5.41) is 16.0. The van der Waals surface area contributed by atoms with Crippen LogP contribution >= 0.6 is 11.5 Å². The molecule has 5 nitrogen and oxygen atoms in total. The summed E-state index contributed by atoms with van der Waals surface area (Å²) in [7, 11) is 0. The van der Waals surface area contributed by atoms with E-state index in [-0.39, 0.29) is 5.91 Å². The molecule has 96 valence electrons. The zero-order valence-corrected chi connectivity index (χ0v) is 11.4. The molecule has 0 spiro atoms. The average molecular weight is 264 g/mol. The number of amides is 1. The van der Waals surface area contributed by atoms with Gasteiger partial charge in [0.05, 0.1) is 11.8 Å². The Morgan fingerprint density at radius 2 is 2.22 bits per heavy atom. The van der Waals surface area contributed by atoms with E-state index in [4.69, 9.17) is 0 Å². The monoisotopic (exact) mass is 264 g/mol. The third-order valence-electron chi connectivity index (χ3n) is 3.55. The summed E-state index contributed by atoms with van der Waals surface area (Å²) in [5.74, 6) is 0.411. The van der Waals surface area contributed by atoms with Crippen molar-refractivity contribution >= 4 is 17.4 Å². The highest BCUT2D eigenvalue weighted by atomic mass is 32.1. The van der Waals surface area contributed by atoms with Gasteiger partial charge in [0.2, 0.25) is 0 Å². The Kier molecular flexibility index (Phi) is 3.62. The van der Waals surface area contributed by atoms with Gasteiger partial charge in [0.1, 0.15) is 10.4 Å². The second-order valence-corrected chi connectivity index (χ2v) is 5.77. The van der Waals surface area contributed by atoms with Gasteiger partial charge in [-0.3, -0.25) is 4.79 Å². The third kappa shape index (κ3) is 2.51. The number of rotatable bonds is 2. The molecule has 0 atom stereocenters. The molecule has 1 aromatic heterocycles. The fraction of sp³-hybridized carbons (Fsp3) is 0.667. The molecule has 1 heterocycles. The van der Waals surface area contributed by atoms with Crippen LogP contribution in [0.5, 0.6) is 0 Å². The zero-order chi connectivity index (χ0) is 13.2. The number of carbonyl (C=O) groups excluding carboxylic acids is 1. The maximum absolute atomic E-state index is 12.1. The van der Waals surface area contributed by atoms with E-state index in [1.165, 1.54) is 0 Å². The van der Waals surface area contributed by atoms with E-state index in [1.54, 1.807) is 6.92 Å². The van der Waals surface area contributed by atoms with Crippen LogP contribution in [0.1, 0.15) is 48.0 Å². The molecule has 1 N–H and O–H groups in total. The highest BCUT2D eigenvalue weighted by Crippen LogP contribution is 2.31. The maximum atomic E-state index is 12.1. The van der Waals surface area contributed by atoms with Gasteiger partial charge in [-0.1, -0.05) is 11.4 Å². The summed E-state index contributed by atoms with van der Waals surface area (Å²) in [6.07, 6.45) is 3.41. The number of hydrogen-bond acceptors (Lipinski definition) is 5. The SMILES string of the molecule is Cc1nnsc1C(=O)NC1(C#N)CCC(C)CC1. The van der Waals surface area contributed by atoms with Gasteiger partial charge in [-0.05, 0) is 50.1 Å². The van der Waals surface area contributed by atoms with Crippen molar-refractivity contribution in [1.29, 1.82) is 5.26 Å². The molecular weight excluding hydrogens is 248 g/mol. The molecule has 1 amide bonds. The van der Waals surface area contributed by atoms with Crippen LogP contribution in [0.4, 0.5) is 0 Å². The van der Waals surface area contributed by atoms with Gasteiger partial charge in [-0.2, -0.15) is 5.26 Å². The van der Waals surface area contributed by atoms with E-state index in [9.17, 15) is 10.1 Å². The second kappa shape index (κ2) is 5.02. The standard InChI is InChI=1S/C12H16N4OS/c1-8-3-5-12(7-13,6-4-8)14-11(17)10-9(2)15-16-18-10/h8H,3-6H2,1-2H3,(H,14,17). The van der Waals surface area contributed by atoms with Crippen molar-refractivity contribution in [2.75, 3.05) is 0 Å². The minimum absolute atomic E-state index is 0.224. The molecule has 6 heteroatoms. The molecular formula is C12H16N4OS. The predicted octanol–water partition coefficient (Wildman–Crippen LogP) is 2.05. The molecule has 1 saturated carbocycles. The van der Waals surface area contributed by atoms with Crippen molar-refractivity contribution in [3.05, 3.63) is 10.6 Å². The Hall–Kier alpha value is -1.48. The fourth-order valence-corrected chi connectivity index (χ4v) is 2.79. The van der Waals surface area contributed by atoms with Gasteiger partial charge >= 0.3 is 0 Å². The van der Waals surface area contributed by atoms with Crippen molar-refractivity contribution in [3.8, 4) is 6.07 Å². The smallest absolute Gasteiger partial charge is 0.266 e. The predicted molar refractivity (Wildman–Crippen MR) is 68.1 cm³/mol. The number of carbonyl (C=O) groups is 1. The molecule has 1 aliphatic carbocycles. The first-order valence-corrected chi connectivity index (χ1v) is 6.86. The molecule has 1 aromatic rings. The first-order chi connectivity index (χ1) is 8.56. The largest absolute Gasteiger partial charge is 0.333 e. The normalized spacial score (nSPS) is 27.5. The van der Waals surface area contributed by atoms with Gasteiger partial charge in [0.15, 0.2) is 0 Å². The van der Waals surface area contributed by atoms with Crippen LogP contribution in [0.2, 0.25) is 0 Å². The van der Waals surface area contributed by atoms with Crippen LogP contribution in [0.25, 0.3) is 0 Å². The second-order valence-electron chi connectivity index (χ2n) is 5.02. The van der Waals surface area contributed by atoms with Crippen LogP contribution in [0, 0.1) is 24.2 Å². The fourth-order valence-electron chi connectivity index (χ4n) is 2.23. The molecule has 18 heavy (non-hydrogen) atoms. The quantitative estimate of drug-likeness (QED) is 0.886. The molecule has 1 fully saturated rings. The molecule has 2 rings (SSSR count). The van der Waals surface area contributed by atoms with E-state index in [1.807, 2.05) is 0 Å². The molecule has 0 radical (unpaired) electrons. The Balaban J connectivity index is 2.10. The number of aromatic nitrogens is 2. The first-order valence-electron chi connectivity index (χ1n) is 6.09. The minimum atomic E-state index is -0.708. The Morgan fingerprint density at radius 3 is 2.72 bits per heavy atom. The van der Waals surface area contributed by atoms with E-state index in [2.05, 4.69) is 27.9 Å². The first kappa shape index (κ1) is 13.0. The van der Waals surface area contributed by atoms with Crippen molar-refractivity contribution in [1.82, 2.24) is 14.9 Å². The van der Waals surface area contributed by atoms with E-state index in [0.29, 0.717) is 16.5 Å². The maximum Gasteiger partial charge on any atom is 0.266 e. The topological polar surface area (TPSA) is 78.7 Å². The average Bonchev–Trinajstić information content (AvgIpc) is 2.79. The van der Waals surface area contributed by atoms with E-state index >= 15 is 0 Å². The lowest BCUT2D eigenvalue weighted by Gasteiger charge is -2.34. The number of nitrogens with zero attached hydrogens (tertiary/aromatic N) is 3. The van der Waals surface area contributed by atoms with Crippen LogP contribution in [0.3, 0.4) is 0 Å². The molecule has 0 unspecified atom stereocenters. The Morgan fingerprint density at radius 1 is 1.56 bits per heavy atom. The third-order valence-corrected chi connectivity index (χ3v) is 4.38. The van der Waals surface area contributed by atoms with Gasteiger partial charge in [-0.25, -0.2) is 0 Å². The van der Waals surface area contributed by atoms with Gasteiger partial charge in [0, 0.05) is 0 Å². The summed E-state index contributed by atoms with van der Waals surface area (Å²) in [4.78, 5) is 12.6. The van der Waals surface area contributed by atoms with Crippen LogP contribution in [0.15, 0.2) is 0 Å². The Bertz CT molecular complexity index is 483. The zero-order valence-electron chi connectivity index (χ0n) is 10.6. The Labute approximate surface area is 110 Å².